The van der Waals surface area contributed by atoms with Crippen LogP contribution >= 0.6 is 24.8 Å². The molecule has 1 unspecified atom stereocenters. The zero-order chi connectivity index (χ0) is 19.2. The Bertz CT molecular complexity index is 818. The second-order valence-electron chi connectivity index (χ2n) is 6.87. The van der Waals surface area contributed by atoms with Crippen molar-refractivity contribution in [1.29, 1.82) is 0 Å². The first-order chi connectivity index (χ1) is 13.1. The Morgan fingerprint density at radius 1 is 1.17 bits per heavy atom. The van der Waals surface area contributed by atoms with Gasteiger partial charge >= 0.3 is 0 Å². The number of pyridine rings is 1. The van der Waals surface area contributed by atoms with Gasteiger partial charge in [0.1, 0.15) is 0 Å². The first-order valence-electron chi connectivity index (χ1n) is 9.40. The maximum absolute atomic E-state index is 13.0. The van der Waals surface area contributed by atoms with Crippen molar-refractivity contribution in [3.8, 4) is 11.3 Å². The van der Waals surface area contributed by atoms with Crippen molar-refractivity contribution in [2.45, 2.75) is 19.8 Å². The van der Waals surface area contributed by atoms with Gasteiger partial charge in [-0.1, -0.05) is 30.3 Å². The number of nitrogens with zero attached hydrogens (tertiary/aromatic N) is 2. The number of carbonyl (C=O) groups excluding carboxylic acids is 2. The molecule has 2 amide bonds. The molecular formula is C21H28Cl2N4O2. The second kappa shape index (κ2) is 11.8. The predicted octanol–water partition coefficient (Wildman–Crippen LogP) is 2.83. The van der Waals surface area contributed by atoms with Gasteiger partial charge in [-0.2, -0.15) is 0 Å². The third-order valence-corrected chi connectivity index (χ3v) is 4.91. The molecule has 2 aromatic rings. The highest BCUT2D eigenvalue weighted by Crippen LogP contribution is 2.22. The van der Waals surface area contributed by atoms with Crippen molar-refractivity contribution in [3.63, 3.8) is 0 Å². The van der Waals surface area contributed by atoms with E-state index < -0.39 is 0 Å². The maximum Gasteiger partial charge on any atom is 0.255 e. The fourth-order valence-electron chi connectivity index (χ4n) is 3.44. The van der Waals surface area contributed by atoms with Gasteiger partial charge in [0, 0.05) is 31.7 Å². The van der Waals surface area contributed by atoms with Gasteiger partial charge in [-0.25, -0.2) is 0 Å². The van der Waals surface area contributed by atoms with Gasteiger partial charge in [0.15, 0.2) is 0 Å². The standard InChI is InChI=1S/C21H26N4O2.2ClH/c1-15-18(9-10-19(24-15)16-6-3-2-4-7-16)21(27)25-13-5-8-17(14-25)20(26)23-12-11-22;;/h2-4,6-7,9-10,17H,5,8,11-14,22H2,1H3,(H,23,26);2*1H. The molecule has 1 atom stereocenters. The topological polar surface area (TPSA) is 88.3 Å². The van der Waals surface area contributed by atoms with E-state index in [1.54, 1.807) is 4.90 Å². The minimum Gasteiger partial charge on any atom is -0.355 e. The van der Waals surface area contributed by atoms with E-state index in [9.17, 15) is 9.59 Å². The Kier molecular flexibility index (Phi) is 10.1. The molecular weight excluding hydrogens is 411 g/mol. The number of aryl methyl sites for hydroxylation is 1. The number of nitrogens with one attached hydrogen (secondary N) is 1. The number of halogens is 2. The lowest BCUT2D eigenvalue weighted by atomic mass is 9.96. The van der Waals surface area contributed by atoms with Gasteiger partial charge in [-0.05, 0) is 31.9 Å². The van der Waals surface area contributed by atoms with E-state index in [-0.39, 0.29) is 42.5 Å². The summed E-state index contributed by atoms with van der Waals surface area (Å²) in [5, 5.41) is 2.82. The van der Waals surface area contributed by atoms with E-state index in [2.05, 4.69) is 10.3 Å². The molecule has 2 heterocycles. The molecule has 0 saturated carbocycles. The van der Waals surface area contributed by atoms with Gasteiger partial charge in [0.25, 0.3) is 5.91 Å². The van der Waals surface area contributed by atoms with Crippen LogP contribution in [0.25, 0.3) is 11.3 Å². The summed E-state index contributed by atoms with van der Waals surface area (Å²) >= 11 is 0. The third-order valence-electron chi connectivity index (χ3n) is 4.91. The highest BCUT2D eigenvalue weighted by Gasteiger charge is 2.29. The van der Waals surface area contributed by atoms with Crippen LogP contribution in [0.15, 0.2) is 42.5 Å². The number of carbonyl (C=O) groups is 2. The number of hydrogen-bond donors (Lipinski definition) is 2. The molecule has 1 aliphatic heterocycles. The Balaban J connectivity index is 0.00000210. The number of benzene rings is 1. The molecule has 0 bridgehead atoms. The molecule has 1 aromatic carbocycles. The summed E-state index contributed by atoms with van der Waals surface area (Å²) in [6.45, 7) is 3.84. The number of aromatic nitrogens is 1. The molecule has 1 saturated heterocycles. The highest BCUT2D eigenvalue weighted by molar-refractivity contribution is 5.96. The zero-order valence-electron chi connectivity index (χ0n) is 16.5. The molecule has 3 rings (SSSR count). The molecule has 1 aromatic heterocycles. The molecule has 158 valence electrons. The first-order valence-corrected chi connectivity index (χ1v) is 9.40. The van der Waals surface area contributed by atoms with Gasteiger partial charge in [-0.3, -0.25) is 14.6 Å². The minimum absolute atomic E-state index is 0. The van der Waals surface area contributed by atoms with E-state index in [1.165, 1.54) is 0 Å². The van der Waals surface area contributed by atoms with Crippen molar-refractivity contribution in [2.24, 2.45) is 11.7 Å². The van der Waals surface area contributed by atoms with Crippen molar-refractivity contribution < 1.29 is 9.59 Å². The number of piperidine rings is 1. The summed E-state index contributed by atoms with van der Waals surface area (Å²) in [7, 11) is 0. The smallest absolute Gasteiger partial charge is 0.255 e. The van der Waals surface area contributed by atoms with Crippen LogP contribution in [0.4, 0.5) is 0 Å². The second-order valence-corrected chi connectivity index (χ2v) is 6.87. The van der Waals surface area contributed by atoms with Crippen LogP contribution in [-0.4, -0.2) is 47.9 Å². The largest absolute Gasteiger partial charge is 0.355 e. The molecule has 0 spiro atoms. The quantitative estimate of drug-likeness (QED) is 0.750. The monoisotopic (exact) mass is 438 g/mol. The highest BCUT2D eigenvalue weighted by atomic mass is 35.5. The van der Waals surface area contributed by atoms with Crippen molar-refractivity contribution in [1.82, 2.24) is 15.2 Å². The van der Waals surface area contributed by atoms with Crippen LogP contribution in [0.3, 0.4) is 0 Å². The van der Waals surface area contributed by atoms with Crippen LogP contribution in [0.2, 0.25) is 0 Å². The van der Waals surface area contributed by atoms with E-state index in [0.717, 1.165) is 24.1 Å². The third kappa shape index (κ3) is 6.16. The van der Waals surface area contributed by atoms with Crippen LogP contribution in [0.5, 0.6) is 0 Å². The summed E-state index contributed by atoms with van der Waals surface area (Å²) in [6, 6.07) is 13.6. The van der Waals surface area contributed by atoms with Crippen LogP contribution in [0.1, 0.15) is 28.9 Å². The van der Waals surface area contributed by atoms with E-state index in [1.807, 2.05) is 49.4 Å². The van der Waals surface area contributed by atoms with Crippen LogP contribution in [0, 0.1) is 12.8 Å². The summed E-state index contributed by atoms with van der Waals surface area (Å²) in [4.78, 5) is 31.6. The number of amides is 2. The van der Waals surface area contributed by atoms with Gasteiger partial charge in [0.05, 0.1) is 22.9 Å². The Morgan fingerprint density at radius 3 is 2.55 bits per heavy atom. The molecule has 3 N–H and O–H groups in total. The van der Waals surface area contributed by atoms with Gasteiger partial charge in [0.2, 0.25) is 5.91 Å². The SMILES string of the molecule is Cc1nc(-c2ccccc2)ccc1C(=O)N1CCCC(C(=O)NCCN)C1.Cl.Cl. The average molecular weight is 439 g/mol. The van der Waals surface area contributed by atoms with Crippen molar-refractivity contribution in [3.05, 3.63) is 53.7 Å². The number of likely N-dealkylation sites (tertiary alicyclic amines) is 1. The lowest BCUT2D eigenvalue weighted by molar-refractivity contribution is -0.126. The molecule has 0 aliphatic carbocycles. The van der Waals surface area contributed by atoms with Crippen LogP contribution < -0.4 is 11.1 Å². The molecule has 8 heteroatoms. The predicted molar refractivity (Wildman–Crippen MR) is 120 cm³/mol. The number of nitrogens with two attached hydrogens (primary N) is 1. The Labute approximate surface area is 184 Å². The van der Waals surface area contributed by atoms with E-state index >= 15 is 0 Å². The van der Waals surface area contributed by atoms with Crippen LogP contribution in [-0.2, 0) is 4.79 Å². The molecule has 1 aliphatic rings. The fourth-order valence-corrected chi connectivity index (χ4v) is 3.44. The zero-order valence-corrected chi connectivity index (χ0v) is 18.1. The fraction of sp³-hybridized carbons (Fsp3) is 0.381. The van der Waals surface area contributed by atoms with E-state index in [0.29, 0.717) is 37.4 Å². The summed E-state index contributed by atoms with van der Waals surface area (Å²) in [5.74, 6) is -0.255. The van der Waals surface area contributed by atoms with Crippen molar-refractivity contribution in [2.75, 3.05) is 26.2 Å². The first kappa shape index (κ1) is 24.9. The molecule has 0 radical (unpaired) electrons. The lowest BCUT2D eigenvalue weighted by Gasteiger charge is -2.32. The molecule has 6 nitrogen and oxygen atoms in total. The molecule has 1 fully saturated rings. The average Bonchev–Trinajstić information content (AvgIpc) is 2.72. The number of rotatable bonds is 5. The van der Waals surface area contributed by atoms with Crippen molar-refractivity contribution >= 4 is 36.6 Å². The lowest BCUT2D eigenvalue weighted by Crippen LogP contribution is -2.46. The summed E-state index contributed by atoms with van der Waals surface area (Å²) in [6.07, 6.45) is 1.62. The summed E-state index contributed by atoms with van der Waals surface area (Å²) < 4.78 is 0. The summed E-state index contributed by atoms with van der Waals surface area (Å²) in [5.41, 5.74) is 8.61. The van der Waals surface area contributed by atoms with E-state index in [4.69, 9.17) is 5.73 Å². The minimum atomic E-state index is -0.175. The molecule has 29 heavy (non-hydrogen) atoms. The number of hydrogen-bond acceptors (Lipinski definition) is 4. The van der Waals surface area contributed by atoms with Gasteiger partial charge < -0.3 is 16.0 Å². The van der Waals surface area contributed by atoms with Gasteiger partial charge in [-0.15, -0.1) is 24.8 Å². The Hall–Kier alpha value is -2.15. The Morgan fingerprint density at radius 2 is 1.90 bits per heavy atom. The normalized spacial score (nSPS) is 15.7. The maximum atomic E-state index is 13.0.